The third-order valence-electron chi connectivity index (χ3n) is 0.516. The van der Waals surface area contributed by atoms with Gasteiger partial charge in [-0.15, -0.1) is 0 Å². The van der Waals surface area contributed by atoms with Gasteiger partial charge in [-0.2, -0.15) is 0 Å². The summed E-state index contributed by atoms with van der Waals surface area (Å²) in [5, 5.41) is 0. The smallest absolute Gasteiger partial charge is 0.325 e. The van der Waals surface area contributed by atoms with Gasteiger partial charge in [0.1, 0.15) is 0 Å². The molecule has 0 N–H and O–H groups in total. The SMILES string of the molecule is BOC(=O)CC. The molecule has 0 saturated carbocycles. The van der Waals surface area contributed by atoms with E-state index in [1.807, 2.05) is 0 Å². The molecule has 0 aromatic carbocycles. The van der Waals surface area contributed by atoms with Crippen molar-refractivity contribution >= 4 is 14.0 Å². The summed E-state index contributed by atoms with van der Waals surface area (Å²) < 4.78 is 4.26. The molecule has 0 aliphatic carbocycles. The fourth-order valence-corrected chi connectivity index (χ4v) is 0.144. The highest BCUT2D eigenvalue weighted by molar-refractivity contribution is 6.05. The van der Waals surface area contributed by atoms with E-state index in [0.717, 1.165) is 0 Å². The minimum Gasteiger partial charge on any atom is -0.543 e. The summed E-state index contributed by atoms with van der Waals surface area (Å²) in [5.41, 5.74) is 0. The Morgan fingerprint density at radius 3 is 2.50 bits per heavy atom. The molecule has 0 aromatic heterocycles. The van der Waals surface area contributed by atoms with Gasteiger partial charge in [-0.3, -0.25) is 4.79 Å². The first-order valence-corrected chi connectivity index (χ1v) is 1.88. The van der Waals surface area contributed by atoms with E-state index in [2.05, 4.69) is 4.65 Å². The average Bonchev–Trinajstić information content (AvgIpc) is 1.65. The summed E-state index contributed by atoms with van der Waals surface area (Å²) in [6.07, 6.45) is 0.469. The summed E-state index contributed by atoms with van der Waals surface area (Å²) in [6, 6.07) is 0. The summed E-state index contributed by atoms with van der Waals surface area (Å²) in [6.45, 7) is 1.76. The van der Waals surface area contributed by atoms with Crippen LogP contribution in [0.2, 0.25) is 0 Å². The van der Waals surface area contributed by atoms with Crippen LogP contribution in [0.5, 0.6) is 0 Å². The maximum Gasteiger partial charge on any atom is 0.325 e. The maximum atomic E-state index is 9.96. The van der Waals surface area contributed by atoms with Crippen molar-refractivity contribution in [3.8, 4) is 0 Å². The molecule has 0 aliphatic heterocycles. The normalized spacial score (nSPS) is 7.50. The Morgan fingerprint density at radius 2 is 2.50 bits per heavy atom. The molecule has 6 heavy (non-hydrogen) atoms. The van der Waals surface area contributed by atoms with E-state index in [0.29, 0.717) is 6.42 Å². The van der Waals surface area contributed by atoms with Crippen molar-refractivity contribution < 1.29 is 9.45 Å². The lowest BCUT2D eigenvalue weighted by atomic mass is 10.5. The van der Waals surface area contributed by atoms with E-state index in [9.17, 15) is 4.79 Å². The number of hydrogen-bond donors (Lipinski definition) is 0. The average molecular weight is 85.9 g/mol. The molecule has 0 radical (unpaired) electrons. The molecule has 0 heterocycles. The fraction of sp³-hybridized carbons (Fsp3) is 0.667. The topological polar surface area (TPSA) is 26.3 Å². The van der Waals surface area contributed by atoms with E-state index >= 15 is 0 Å². The predicted octanol–water partition coefficient (Wildman–Crippen LogP) is -0.512. The van der Waals surface area contributed by atoms with Crippen LogP contribution in [0.25, 0.3) is 0 Å². The second-order valence-electron chi connectivity index (χ2n) is 0.930. The second kappa shape index (κ2) is 2.76. The van der Waals surface area contributed by atoms with E-state index in [4.69, 9.17) is 0 Å². The summed E-state index contributed by atoms with van der Waals surface area (Å²) >= 11 is 0. The fourth-order valence-electron chi connectivity index (χ4n) is 0.144. The lowest BCUT2D eigenvalue weighted by molar-refractivity contribution is -0.133. The Hall–Kier alpha value is -0.465. The van der Waals surface area contributed by atoms with Gasteiger partial charge in [0.05, 0.1) is 0 Å². The van der Waals surface area contributed by atoms with Crippen LogP contribution in [0.15, 0.2) is 0 Å². The molecule has 0 spiro atoms. The summed E-state index contributed by atoms with van der Waals surface area (Å²) in [4.78, 5) is 9.96. The standard InChI is InChI=1S/C3H7BO2/c1-2-3(5)6-4/h2,4H2,1H3. The van der Waals surface area contributed by atoms with Crippen molar-refractivity contribution in [2.75, 3.05) is 0 Å². The van der Waals surface area contributed by atoms with Gasteiger partial charge in [0.25, 0.3) is 5.97 Å². The van der Waals surface area contributed by atoms with Crippen LogP contribution in [-0.4, -0.2) is 14.0 Å². The molecule has 0 atom stereocenters. The van der Waals surface area contributed by atoms with Gasteiger partial charge in [-0.25, -0.2) is 0 Å². The molecular formula is C3H7BO2. The van der Waals surface area contributed by atoms with E-state index < -0.39 is 0 Å². The Labute approximate surface area is 37.9 Å². The van der Waals surface area contributed by atoms with Crippen molar-refractivity contribution in [1.82, 2.24) is 0 Å². The molecule has 34 valence electrons. The molecule has 3 heteroatoms. The summed E-state index contributed by atoms with van der Waals surface area (Å²) in [7, 11) is 1.38. The molecule has 2 nitrogen and oxygen atoms in total. The number of rotatable bonds is 1. The van der Waals surface area contributed by atoms with E-state index in [1.165, 1.54) is 8.05 Å². The van der Waals surface area contributed by atoms with Crippen LogP contribution in [0, 0.1) is 0 Å². The van der Waals surface area contributed by atoms with Crippen LogP contribution >= 0.6 is 0 Å². The third kappa shape index (κ3) is 1.82. The van der Waals surface area contributed by atoms with Crippen molar-refractivity contribution in [1.29, 1.82) is 0 Å². The minimum atomic E-state index is -0.157. The highest BCUT2D eigenvalue weighted by Crippen LogP contribution is 1.75. The monoisotopic (exact) mass is 86.1 g/mol. The zero-order valence-electron chi connectivity index (χ0n) is 4.02. The van der Waals surface area contributed by atoms with Gasteiger partial charge < -0.3 is 4.65 Å². The zero-order chi connectivity index (χ0) is 4.99. The molecule has 0 unspecified atom stereocenters. The van der Waals surface area contributed by atoms with Crippen LogP contribution in [0.4, 0.5) is 0 Å². The number of carbonyl (C=O) groups excluding carboxylic acids is 1. The van der Waals surface area contributed by atoms with E-state index in [-0.39, 0.29) is 5.97 Å². The van der Waals surface area contributed by atoms with Crippen molar-refractivity contribution in [2.45, 2.75) is 13.3 Å². The number of hydrogen-bond acceptors (Lipinski definition) is 2. The number of carbonyl (C=O) groups is 1. The van der Waals surface area contributed by atoms with Crippen molar-refractivity contribution in [3.05, 3.63) is 0 Å². The minimum absolute atomic E-state index is 0.157. The van der Waals surface area contributed by atoms with E-state index in [1.54, 1.807) is 6.92 Å². The van der Waals surface area contributed by atoms with Crippen LogP contribution in [0.1, 0.15) is 13.3 Å². The first-order chi connectivity index (χ1) is 2.81. The molecule has 0 fully saturated rings. The largest absolute Gasteiger partial charge is 0.543 e. The van der Waals surface area contributed by atoms with Crippen molar-refractivity contribution in [2.24, 2.45) is 0 Å². The molecular weight excluding hydrogens is 78.8 g/mol. The molecule has 0 aromatic rings. The molecule has 0 amide bonds. The quantitative estimate of drug-likeness (QED) is 0.401. The lowest BCUT2D eigenvalue weighted by Crippen LogP contribution is -1.96. The highest BCUT2D eigenvalue weighted by atomic mass is 16.5. The van der Waals surface area contributed by atoms with Crippen LogP contribution < -0.4 is 0 Å². The van der Waals surface area contributed by atoms with Gasteiger partial charge in [0, 0.05) is 6.42 Å². The van der Waals surface area contributed by atoms with Crippen LogP contribution in [0.3, 0.4) is 0 Å². The van der Waals surface area contributed by atoms with Gasteiger partial charge in [-0.05, 0) is 0 Å². The molecule has 0 aliphatic rings. The predicted molar refractivity (Wildman–Crippen MR) is 24.9 cm³/mol. The molecule has 0 saturated heterocycles. The second-order valence-corrected chi connectivity index (χ2v) is 0.930. The highest BCUT2D eigenvalue weighted by Gasteiger charge is 1.86. The first-order valence-electron chi connectivity index (χ1n) is 1.88. The Morgan fingerprint density at radius 1 is 2.00 bits per heavy atom. The zero-order valence-corrected chi connectivity index (χ0v) is 4.02. The third-order valence-corrected chi connectivity index (χ3v) is 0.516. The van der Waals surface area contributed by atoms with Gasteiger partial charge in [-0.1, -0.05) is 6.92 Å². The Bertz CT molecular complexity index is 46.8. The van der Waals surface area contributed by atoms with Gasteiger partial charge in [0.2, 0.25) is 0 Å². The van der Waals surface area contributed by atoms with Gasteiger partial charge in [0.15, 0.2) is 0 Å². The Kier molecular flexibility index (Phi) is 2.54. The van der Waals surface area contributed by atoms with Crippen molar-refractivity contribution in [3.63, 3.8) is 0 Å². The first kappa shape index (κ1) is 5.53. The maximum absolute atomic E-state index is 9.96. The lowest BCUT2D eigenvalue weighted by Gasteiger charge is -1.88. The molecule has 0 rings (SSSR count). The summed E-state index contributed by atoms with van der Waals surface area (Å²) in [5.74, 6) is -0.157. The van der Waals surface area contributed by atoms with Gasteiger partial charge >= 0.3 is 8.05 Å². The molecule has 0 bridgehead atoms. The Balaban J connectivity index is 2.99. The van der Waals surface area contributed by atoms with Crippen LogP contribution in [-0.2, 0) is 9.45 Å².